The van der Waals surface area contributed by atoms with Crippen LogP contribution < -0.4 is 0 Å². The topological polar surface area (TPSA) is 62.8 Å². The van der Waals surface area contributed by atoms with E-state index in [1.807, 2.05) is 24.3 Å². The van der Waals surface area contributed by atoms with E-state index < -0.39 is 9.84 Å². The second kappa shape index (κ2) is 4.83. The van der Waals surface area contributed by atoms with Crippen molar-refractivity contribution in [3.63, 3.8) is 0 Å². The number of sulfone groups is 1. The van der Waals surface area contributed by atoms with Crippen molar-refractivity contribution in [1.29, 1.82) is 0 Å². The molecule has 2 aromatic heterocycles. The fraction of sp³-hybridized carbons (Fsp3) is 0.188. The largest absolute Gasteiger partial charge is 0.353 e. The van der Waals surface area contributed by atoms with Crippen molar-refractivity contribution in [2.75, 3.05) is 0 Å². The second-order valence-corrected chi connectivity index (χ2v) is 8.20. The molecule has 0 spiro atoms. The van der Waals surface area contributed by atoms with Gasteiger partial charge < -0.3 is 4.98 Å². The molecule has 4 nitrogen and oxygen atoms in total. The summed E-state index contributed by atoms with van der Waals surface area (Å²) in [7, 11) is -3.13. The van der Waals surface area contributed by atoms with Crippen molar-refractivity contribution in [3.05, 3.63) is 47.6 Å². The number of hydrogen-bond acceptors (Lipinski definition) is 3. The Morgan fingerprint density at radius 2 is 1.86 bits per heavy atom. The van der Waals surface area contributed by atoms with Gasteiger partial charge in [0.25, 0.3) is 0 Å². The van der Waals surface area contributed by atoms with Crippen LogP contribution in [-0.4, -0.2) is 23.6 Å². The zero-order valence-electron chi connectivity index (χ0n) is 11.6. The van der Waals surface area contributed by atoms with Crippen LogP contribution >= 0.6 is 11.6 Å². The van der Waals surface area contributed by atoms with Gasteiger partial charge >= 0.3 is 0 Å². The number of nitrogens with zero attached hydrogens (tertiary/aromatic N) is 1. The molecule has 3 aromatic rings. The Bertz CT molecular complexity index is 957. The maximum atomic E-state index is 12.2. The Morgan fingerprint density at radius 1 is 1.14 bits per heavy atom. The SMILES string of the molecule is O=S(=O)(c1ccc(-c2cc3ncc(Cl)cc3[nH]2)cc1)C1CC1. The average Bonchev–Trinajstić information content (AvgIpc) is 3.28. The first-order valence-corrected chi connectivity index (χ1v) is 8.95. The van der Waals surface area contributed by atoms with Gasteiger partial charge in [0.15, 0.2) is 9.84 Å². The number of fused-ring (bicyclic) bond motifs is 1. The Balaban J connectivity index is 1.72. The molecule has 22 heavy (non-hydrogen) atoms. The summed E-state index contributed by atoms with van der Waals surface area (Å²) < 4.78 is 24.4. The summed E-state index contributed by atoms with van der Waals surface area (Å²) in [5.41, 5.74) is 3.50. The highest BCUT2D eigenvalue weighted by Gasteiger charge is 2.36. The summed E-state index contributed by atoms with van der Waals surface area (Å²) in [6, 6.07) is 10.7. The summed E-state index contributed by atoms with van der Waals surface area (Å²) in [5, 5.41) is 0.393. The highest BCUT2D eigenvalue weighted by molar-refractivity contribution is 7.92. The van der Waals surface area contributed by atoms with Crippen molar-refractivity contribution in [2.24, 2.45) is 0 Å². The van der Waals surface area contributed by atoms with Gasteiger partial charge in [0.1, 0.15) is 0 Å². The first-order valence-electron chi connectivity index (χ1n) is 7.03. The summed E-state index contributed by atoms with van der Waals surface area (Å²) in [4.78, 5) is 7.90. The Labute approximate surface area is 133 Å². The molecule has 0 saturated heterocycles. The van der Waals surface area contributed by atoms with E-state index in [0.29, 0.717) is 9.92 Å². The van der Waals surface area contributed by atoms with E-state index in [9.17, 15) is 8.42 Å². The van der Waals surface area contributed by atoms with Crippen molar-refractivity contribution in [3.8, 4) is 11.3 Å². The smallest absolute Gasteiger partial charge is 0.181 e. The number of pyridine rings is 1. The monoisotopic (exact) mass is 332 g/mol. The number of H-pyrrole nitrogens is 1. The second-order valence-electron chi connectivity index (χ2n) is 5.54. The van der Waals surface area contributed by atoms with Gasteiger partial charge in [0.05, 0.1) is 26.2 Å². The zero-order valence-corrected chi connectivity index (χ0v) is 13.2. The molecule has 2 heterocycles. The van der Waals surface area contributed by atoms with Gasteiger partial charge in [-0.2, -0.15) is 0 Å². The fourth-order valence-corrected chi connectivity index (χ4v) is 4.35. The summed E-state index contributed by atoms with van der Waals surface area (Å²) >= 11 is 5.93. The maximum Gasteiger partial charge on any atom is 0.181 e. The lowest BCUT2D eigenvalue weighted by Gasteiger charge is -2.03. The molecule has 0 bridgehead atoms. The number of hydrogen-bond donors (Lipinski definition) is 1. The number of nitrogens with one attached hydrogen (secondary N) is 1. The Morgan fingerprint density at radius 3 is 2.55 bits per heavy atom. The van der Waals surface area contributed by atoms with Crippen LogP contribution in [0.25, 0.3) is 22.3 Å². The quantitative estimate of drug-likeness (QED) is 0.793. The summed E-state index contributed by atoms with van der Waals surface area (Å²) in [6.07, 6.45) is 3.16. The normalized spacial score (nSPS) is 15.3. The van der Waals surface area contributed by atoms with E-state index in [4.69, 9.17) is 11.6 Å². The lowest BCUT2D eigenvalue weighted by atomic mass is 10.1. The number of aromatic amines is 1. The van der Waals surface area contributed by atoms with Crippen LogP contribution in [-0.2, 0) is 9.84 Å². The molecule has 0 atom stereocenters. The van der Waals surface area contributed by atoms with Gasteiger partial charge in [0, 0.05) is 11.9 Å². The van der Waals surface area contributed by atoms with Crippen LogP contribution in [0.1, 0.15) is 12.8 Å². The van der Waals surface area contributed by atoms with Gasteiger partial charge in [-0.05, 0) is 42.7 Å². The molecule has 6 heteroatoms. The van der Waals surface area contributed by atoms with Crippen molar-refractivity contribution in [2.45, 2.75) is 23.0 Å². The molecule has 112 valence electrons. The molecule has 1 saturated carbocycles. The Hall–Kier alpha value is -1.85. The van der Waals surface area contributed by atoms with Crippen molar-refractivity contribution < 1.29 is 8.42 Å². The summed E-state index contributed by atoms with van der Waals surface area (Å²) in [5.74, 6) is 0. The third-order valence-electron chi connectivity index (χ3n) is 3.89. The molecule has 1 aliphatic carbocycles. The number of halogens is 1. The minimum Gasteiger partial charge on any atom is -0.353 e. The van der Waals surface area contributed by atoms with Crippen LogP contribution in [0.15, 0.2) is 47.5 Å². The van der Waals surface area contributed by atoms with Crippen LogP contribution in [0.5, 0.6) is 0 Å². The lowest BCUT2D eigenvalue weighted by Crippen LogP contribution is -2.06. The van der Waals surface area contributed by atoms with Gasteiger partial charge in [-0.1, -0.05) is 23.7 Å². The Kier molecular flexibility index (Phi) is 3.03. The van der Waals surface area contributed by atoms with E-state index in [0.717, 1.165) is 35.1 Å². The highest BCUT2D eigenvalue weighted by atomic mass is 35.5. The van der Waals surface area contributed by atoms with E-state index in [1.165, 1.54) is 0 Å². The standard InChI is InChI=1S/C16H13ClN2O2S/c17-11-7-16-15(18-9-11)8-14(19-16)10-1-3-12(4-2-10)22(20,21)13-5-6-13/h1-4,7-9,13,19H,5-6H2. The number of rotatable bonds is 3. The molecular weight excluding hydrogens is 320 g/mol. The van der Waals surface area contributed by atoms with Crippen LogP contribution in [0.3, 0.4) is 0 Å². The molecule has 0 unspecified atom stereocenters. The maximum absolute atomic E-state index is 12.2. The van der Waals surface area contributed by atoms with Gasteiger partial charge in [-0.25, -0.2) is 8.42 Å². The van der Waals surface area contributed by atoms with E-state index in [2.05, 4.69) is 9.97 Å². The lowest BCUT2D eigenvalue weighted by molar-refractivity contribution is 0.595. The fourth-order valence-electron chi connectivity index (χ4n) is 2.53. The minimum atomic E-state index is -3.13. The molecule has 4 rings (SSSR count). The molecule has 1 N–H and O–H groups in total. The number of benzene rings is 1. The first-order chi connectivity index (χ1) is 10.5. The van der Waals surface area contributed by atoms with Crippen LogP contribution in [0.2, 0.25) is 5.02 Å². The molecular formula is C16H13ClN2O2S. The third-order valence-corrected chi connectivity index (χ3v) is 6.38. The predicted octanol–water partition coefficient (Wildman–Crippen LogP) is 3.82. The van der Waals surface area contributed by atoms with Gasteiger partial charge in [-0.3, -0.25) is 4.98 Å². The van der Waals surface area contributed by atoms with Crippen LogP contribution in [0.4, 0.5) is 0 Å². The molecule has 1 aromatic carbocycles. The zero-order chi connectivity index (χ0) is 15.3. The molecule has 0 aliphatic heterocycles. The molecule has 1 fully saturated rings. The van der Waals surface area contributed by atoms with E-state index >= 15 is 0 Å². The highest BCUT2D eigenvalue weighted by Crippen LogP contribution is 2.34. The van der Waals surface area contributed by atoms with Gasteiger partial charge in [-0.15, -0.1) is 0 Å². The summed E-state index contributed by atoms with van der Waals surface area (Å²) in [6.45, 7) is 0. The average molecular weight is 333 g/mol. The molecule has 0 radical (unpaired) electrons. The van der Waals surface area contributed by atoms with Crippen molar-refractivity contribution >= 4 is 32.5 Å². The van der Waals surface area contributed by atoms with Crippen LogP contribution in [0, 0.1) is 0 Å². The third kappa shape index (κ3) is 2.30. The minimum absolute atomic E-state index is 0.183. The van der Waals surface area contributed by atoms with E-state index in [-0.39, 0.29) is 5.25 Å². The molecule has 0 amide bonds. The predicted molar refractivity (Wildman–Crippen MR) is 86.7 cm³/mol. The number of aromatic nitrogens is 2. The van der Waals surface area contributed by atoms with Crippen molar-refractivity contribution in [1.82, 2.24) is 9.97 Å². The first kappa shape index (κ1) is 13.8. The van der Waals surface area contributed by atoms with Gasteiger partial charge in [0.2, 0.25) is 0 Å². The molecule has 1 aliphatic rings. The van der Waals surface area contributed by atoms with E-state index in [1.54, 1.807) is 18.3 Å².